The smallest absolute Gasteiger partial charge is 0.0757 e. The van der Waals surface area contributed by atoms with Crippen LogP contribution in [-0.4, -0.2) is 28.8 Å². The number of hydrogen-bond acceptors (Lipinski definition) is 3. The van der Waals surface area contributed by atoms with Crippen molar-refractivity contribution in [2.45, 2.75) is 6.92 Å². The van der Waals surface area contributed by atoms with Crippen molar-refractivity contribution in [1.29, 1.82) is 0 Å². The quantitative estimate of drug-likeness (QED) is 0.388. The molecule has 0 aromatic carbocycles. The largest absolute Gasteiger partial charge is 0.261 e. The van der Waals surface area contributed by atoms with Gasteiger partial charge < -0.3 is 0 Å². The van der Waals surface area contributed by atoms with Gasteiger partial charge in [-0.15, -0.1) is 0 Å². The molecule has 0 aromatic rings. The van der Waals surface area contributed by atoms with Crippen LogP contribution in [0.5, 0.6) is 0 Å². The Morgan fingerprint density at radius 2 is 2.31 bits per heavy atom. The number of aliphatic imine (C=N–C) groups is 1. The van der Waals surface area contributed by atoms with Gasteiger partial charge in [-0.3, -0.25) is 4.99 Å². The van der Waals surface area contributed by atoms with Crippen LogP contribution in [-0.2, 0) is 0 Å². The van der Waals surface area contributed by atoms with Gasteiger partial charge in [0.05, 0.1) is 17.0 Å². The van der Waals surface area contributed by atoms with Crippen LogP contribution in [0.1, 0.15) is 6.92 Å². The second-order valence-electron chi connectivity index (χ2n) is 2.95. The molecule has 0 atom stereocenters. The van der Waals surface area contributed by atoms with Crippen molar-refractivity contribution in [3.05, 3.63) is 24.7 Å². The van der Waals surface area contributed by atoms with Crippen LogP contribution < -0.4 is 0 Å². The van der Waals surface area contributed by atoms with Gasteiger partial charge in [0.2, 0.25) is 0 Å². The summed E-state index contributed by atoms with van der Waals surface area (Å²) >= 11 is 0. The molecule has 0 bridgehead atoms. The maximum Gasteiger partial charge on any atom is 0.0757 e. The number of rotatable bonds is 1. The van der Waals surface area contributed by atoms with Crippen LogP contribution in [0.4, 0.5) is 0 Å². The SMILES string of the molecule is C=C1C=NC=CN1/N=C(\C)[SH](C)C. The third-order valence-corrected chi connectivity index (χ3v) is 3.10. The minimum absolute atomic E-state index is 0.117. The van der Waals surface area contributed by atoms with E-state index < -0.39 is 0 Å². The Bertz CT molecular complexity index is 289. The average molecular weight is 197 g/mol. The van der Waals surface area contributed by atoms with Gasteiger partial charge in [-0.1, -0.05) is 6.58 Å². The van der Waals surface area contributed by atoms with E-state index in [9.17, 15) is 0 Å². The summed E-state index contributed by atoms with van der Waals surface area (Å²) in [6.45, 7) is 5.87. The number of nitrogens with zero attached hydrogens (tertiary/aromatic N) is 3. The highest BCUT2D eigenvalue weighted by molar-refractivity contribution is 8.28. The monoisotopic (exact) mass is 197 g/mol. The first kappa shape index (κ1) is 10.1. The molecular weight excluding hydrogens is 182 g/mol. The Balaban J connectivity index is 2.74. The molecule has 0 unspecified atom stereocenters. The zero-order chi connectivity index (χ0) is 9.84. The number of hydrogen-bond donors (Lipinski definition) is 1. The molecule has 0 aromatic heterocycles. The van der Waals surface area contributed by atoms with E-state index >= 15 is 0 Å². The van der Waals surface area contributed by atoms with Gasteiger partial charge in [-0.2, -0.15) is 5.10 Å². The Hall–Kier alpha value is -1.03. The van der Waals surface area contributed by atoms with Crippen molar-refractivity contribution in [3.8, 4) is 0 Å². The zero-order valence-electron chi connectivity index (χ0n) is 8.23. The number of hydrazone groups is 1. The molecule has 0 radical (unpaired) electrons. The van der Waals surface area contributed by atoms with Gasteiger partial charge in [-0.05, 0) is 19.4 Å². The lowest BCUT2D eigenvalue weighted by Crippen LogP contribution is -2.14. The van der Waals surface area contributed by atoms with Gasteiger partial charge in [0.1, 0.15) is 0 Å². The number of allylic oxidation sites excluding steroid dienone is 1. The molecule has 0 saturated heterocycles. The molecule has 1 aliphatic rings. The van der Waals surface area contributed by atoms with E-state index in [0.29, 0.717) is 0 Å². The maximum absolute atomic E-state index is 4.42. The molecule has 0 N–H and O–H groups in total. The van der Waals surface area contributed by atoms with E-state index in [1.54, 1.807) is 17.4 Å². The second-order valence-corrected chi connectivity index (χ2v) is 5.39. The van der Waals surface area contributed by atoms with Crippen molar-refractivity contribution in [3.63, 3.8) is 0 Å². The van der Waals surface area contributed by atoms with Crippen molar-refractivity contribution in [2.75, 3.05) is 12.5 Å². The first-order chi connectivity index (χ1) is 6.11. The van der Waals surface area contributed by atoms with Crippen molar-refractivity contribution in [1.82, 2.24) is 5.01 Å². The van der Waals surface area contributed by atoms with Crippen LogP contribution >= 0.6 is 10.9 Å². The van der Waals surface area contributed by atoms with E-state index in [4.69, 9.17) is 0 Å². The molecule has 0 saturated carbocycles. The van der Waals surface area contributed by atoms with E-state index in [1.165, 1.54) is 0 Å². The highest BCUT2D eigenvalue weighted by Gasteiger charge is 2.04. The minimum atomic E-state index is -0.117. The summed E-state index contributed by atoms with van der Waals surface area (Å²) in [6, 6.07) is 0. The molecule has 72 valence electrons. The third-order valence-electron chi connectivity index (χ3n) is 1.71. The molecule has 13 heavy (non-hydrogen) atoms. The Morgan fingerprint density at radius 3 is 2.85 bits per heavy atom. The molecule has 1 aliphatic heterocycles. The normalized spacial score (nSPS) is 18.1. The Kier molecular flexibility index (Phi) is 3.31. The van der Waals surface area contributed by atoms with Gasteiger partial charge >= 0.3 is 0 Å². The van der Waals surface area contributed by atoms with Crippen LogP contribution in [0.2, 0.25) is 0 Å². The van der Waals surface area contributed by atoms with E-state index in [2.05, 4.69) is 29.2 Å². The standard InChI is InChI=1S/C9H15N3S/c1-8-7-10-5-6-12(8)11-9(2)13(3)4/h5-7,13H,1H2,2-4H3/b11-9+. The fourth-order valence-electron chi connectivity index (χ4n) is 0.729. The zero-order valence-corrected chi connectivity index (χ0v) is 9.12. The van der Waals surface area contributed by atoms with Crippen molar-refractivity contribution >= 4 is 22.2 Å². The fourth-order valence-corrected chi connectivity index (χ4v) is 1.00. The highest BCUT2D eigenvalue weighted by atomic mass is 32.2. The van der Waals surface area contributed by atoms with Crippen LogP contribution in [0.3, 0.4) is 0 Å². The summed E-state index contributed by atoms with van der Waals surface area (Å²) in [6.07, 6.45) is 9.57. The second kappa shape index (κ2) is 4.28. The summed E-state index contributed by atoms with van der Waals surface area (Å²) < 4.78 is 0. The molecular formula is C9H15N3S. The van der Waals surface area contributed by atoms with Gasteiger partial charge in [-0.25, -0.2) is 15.9 Å². The van der Waals surface area contributed by atoms with E-state index in [-0.39, 0.29) is 10.9 Å². The molecule has 0 aliphatic carbocycles. The van der Waals surface area contributed by atoms with Gasteiger partial charge in [0, 0.05) is 12.4 Å². The predicted molar refractivity (Wildman–Crippen MR) is 62.6 cm³/mol. The topological polar surface area (TPSA) is 28.0 Å². The maximum atomic E-state index is 4.42. The predicted octanol–water partition coefficient (Wildman–Crippen LogP) is 1.95. The van der Waals surface area contributed by atoms with Crippen molar-refractivity contribution in [2.24, 2.45) is 10.1 Å². The van der Waals surface area contributed by atoms with Gasteiger partial charge in [0.25, 0.3) is 0 Å². The summed E-state index contributed by atoms with van der Waals surface area (Å²) in [5, 5.41) is 7.32. The Labute approximate surface area is 81.9 Å². The van der Waals surface area contributed by atoms with E-state index in [1.807, 2.05) is 13.1 Å². The highest BCUT2D eigenvalue weighted by Crippen LogP contribution is 2.18. The molecule has 1 rings (SSSR count). The first-order valence-electron chi connectivity index (χ1n) is 4.02. The van der Waals surface area contributed by atoms with Gasteiger partial charge in [0.15, 0.2) is 0 Å². The fraction of sp³-hybridized carbons (Fsp3) is 0.333. The summed E-state index contributed by atoms with van der Waals surface area (Å²) in [7, 11) is -0.117. The van der Waals surface area contributed by atoms with E-state index in [0.717, 1.165) is 10.7 Å². The lowest BCUT2D eigenvalue weighted by molar-refractivity contribution is 0.523. The molecule has 3 nitrogen and oxygen atoms in total. The molecule has 0 amide bonds. The van der Waals surface area contributed by atoms with Crippen molar-refractivity contribution < 1.29 is 0 Å². The molecule has 0 fully saturated rings. The Morgan fingerprint density at radius 1 is 1.62 bits per heavy atom. The lowest BCUT2D eigenvalue weighted by atomic mass is 10.5. The molecule has 0 spiro atoms. The number of thiol groups is 1. The summed E-state index contributed by atoms with van der Waals surface area (Å²) in [5.41, 5.74) is 0.804. The third kappa shape index (κ3) is 2.73. The lowest BCUT2D eigenvalue weighted by Gasteiger charge is -2.18. The minimum Gasteiger partial charge on any atom is -0.261 e. The first-order valence-corrected chi connectivity index (χ1v) is 6.25. The molecule has 4 heteroatoms. The van der Waals surface area contributed by atoms with Crippen LogP contribution in [0.15, 0.2) is 34.8 Å². The summed E-state index contributed by atoms with van der Waals surface area (Å²) in [5.74, 6) is 0. The molecule has 1 heterocycles. The van der Waals surface area contributed by atoms with Crippen LogP contribution in [0.25, 0.3) is 0 Å². The summed E-state index contributed by atoms with van der Waals surface area (Å²) in [4.78, 5) is 3.95. The average Bonchev–Trinajstić information content (AvgIpc) is 2.08. The van der Waals surface area contributed by atoms with Crippen LogP contribution in [0, 0.1) is 0 Å².